The van der Waals surface area contributed by atoms with E-state index >= 15 is 0 Å². The normalized spacial score (nSPS) is 9.00. The van der Waals surface area contributed by atoms with Crippen LogP contribution < -0.4 is 0 Å². The SMILES string of the molecule is CCC[CH2][Sn]([OH])[OH].Cl. The summed E-state index contributed by atoms with van der Waals surface area (Å²) >= 11 is -2.64. The van der Waals surface area contributed by atoms with Gasteiger partial charge in [-0.2, -0.15) is 0 Å². The van der Waals surface area contributed by atoms with Crippen molar-refractivity contribution < 1.29 is 6.89 Å². The zero-order chi connectivity index (χ0) is 5.70. The van der Waals surface area contributed by atoms with Gasteiger partial charge >= 0.3 is 51.7 Å². The Kier molecular flexibility index (Phi) is 11.8. The van der Waals surface area contributed by atoms with Gasteiger partial charge in [-0.25, -0.2) is 0 Å². The molecule has 0 rings (SSSR count). The molecule has 0 aliphatic carbocycles. The van der Waals surface area contributed by atoms with Crippen molar-refractivity contribution in [2.24, 2.45) is 0 Å². The van der Waals surface area contributed by atoms with Gasteiger partial charge in [-0.1, -0.05) is 0 Å². The number of hydrogen-bond donors (Lipinski definition) is 2. The first-order chi connectivity index (χ1) is 3.27. The summed E-state index contributed by atoms with van der Waals surface area (Å²) in [5.74, 6) is 0. The Morgan fingerprint density at radius 1 is 1.38 bits per heavy atom. The van der Waals surface area contributed by atoms with E-state index < -0.39 is 20.6 Å². The van der Waals surface area contributed by atoms with E-state index in [9.17, 15) is 0 Å². The minimum absolute atomic E-state index is 0. The molecule has 0 aromatic heterocycles. The van der Waals surface area contributed by atoms with Crippen LogP contribution in [0.25, 0.3) is 0 Å². The predicted molar refractivity (Wildman–Crippen MR) is 37.2 cm³/mol. The Morgan fingerprint density at radius 3 is 2.00 bits per heavy atom. The van der Waals surface area contributed by atoms with Gasteiger partial charge in [0.25, 0.3) is 0 Å². The van der Waals surface area contributed by atoms with Gasteiger partial charge in [0.15, 0.2) is 0 Å². The monoisotopic (exact) mass is 247 g/mol. The van der Waals surface area contributed by atoms with Crippen LogP contribution in [0.15, 0.2) is 0 Å². The maximum atomic E-state index is 8.44. The van der Waals surface area contributed by atoms with Gasteiger partial charge in [-0.15, -0.1) is 12.4 Å². The fraction of sp³-hybridized carbons (Fsp3) is 1.00. The molecular weight excluding hydrogens is 234 g/mol. The molecule has 0 fully saturated rings. The molecule has 4 heteroatoms. The summed E-state index contributed by atoms with van der Waals surface area (Å²) in [6.45, 7) is 2.05. The molecule has 0 aromatic carbocycles. The third kappa shape index (κ3) is 10.1. The third-order valence-corrected chi connectivity index (χ3v) is 3.04. The topological polar surface area (TPSA) is 40.5 Å². The van der Waals surface area contributed by atoms with E-state index in [1.807, 2.05) is 6.92 Å². The van der Waals surface area contributed by atoms with Gasteiger partial charge in [0.1, 0.15) is 0 Å². The van der Waals surface area contributed by atoms with Crippen LogP contribution in [0.1, 0.15) is 19.8 Å². The fourth-order valence-electron chi connectivity index (χ4n) is 0.335. The molecule has 1 radical (unpaired) electrons. The van der Waals surface area contributed by atoms with E-state index in [0.29, 0.717) is 4.44 Å². The summed E-state index contributed by atoms with van der Waals surface area (Å²) in [5.41, 5.74) is 0. The third-order valence-electron chi connectivity index (χ3n) is 0.754. The van der Waals surface area contributed by atoms with E-state index in [4.69, 9.17) is 6.89 Å². The molecule has 0 saturated carbocycles. The molecule has 0 spiro atoms. The van der Waals surface area contributed by atoms with Crippen molar-refractivity contribution in [1.82, 2.24) is 0 Å². The van der Waals surface area contributed by atoms with Crippen molar-refractivity contribution in [2.45, 2.75) is 24.2 Å². The van der Waals surface area contributed by atoms with Crippen molar-refractivity contribution in [3.63, 3.8) is 0 Å². The summed E-state index contributed by atoms with van der Waals surface area (Å²) in [7, 11) is 0. The van der Waals surface area contributed by atoms with E-state index in [0.717, 1.165) is 12.8 Å². The average Bonchev–Trinajstić information content (AvgIpc) is 1.61. The standard InChI is InChI=1S/C4H9.ClH.2H2O.Sn/c1-3-4-2;;;;/h1,3-4H2,2H3;1H;2*1H2;/q;;;;+2/p-2. The summed E-state index contributed by atoms with van der Waals surface area (Å²) in [6.07, 6.45) is 2.06. The molecule has 0 unspecified atom stereocenters. The van der Waals surface area contributed by atoms with E-state index in [1.165, 1.54) is 0 Å². The summed E-state index contributed by atoms with van der Waals surface area (Å²) in [5, 5.41) is 0. The first kappa shape index (κ1) is 11.8. The van der Waals surface area contributed by atoms with Crippen LogP contribution in [0.4, 0.5) is 0 Å². The quantitative estimate of drug-likeness (QED) is 0.719. The Morgan fingerprint density at radius 2 is 1.88 bits per heavy atom. The van der Waals surface area contributed by atoms with Crippen molar-refractivity contribution in [2.75, 3.05) is 0 Å². The van der Waals surface area contributed by atoms with Gasteiger partial charge in [-0.05, 0) is 0 Å². The minimum Gasteiger partial charge on any atom is -0.147 e. The second-order valence-corrected chi connectivity index (χ2v) is 5.32. The van der Waals surface area contributed by atoms with Crippen molar-refractivity contribution in [3.05, 3.63) is 0 Å². The molecule has 2 N–H and O–H groups in total. The molecule has 0 aromatic rings. The Hall–Kier alpha value is 1.01. The van der Waals surface area contributed by atoms with Crippen molar-refractivity contribution >= 4 is 33.0 Å². The fourth-order valence-corrected chi connectivity index (χ4v) is 2.25. The molecule has 0 amide bonds. The second kappa shape index (κ2) is 8.01. The predicted octanol–water partition coefficient (Wildman–Crippen LogP) is 0.681. The average molecular weight is 246 g/mol. The van der Waals surface area contributed by atoms with Crippen LogP contribution in [0.5, 0.6) is 0 Å². The zero-order valence-corrected chi connectivity index (χ0v) is 8.59. The summed E-state index contributed by atoms with van der Waals surface area (Å²) in [6, 6.07) is 0. The molecule has 0 aliphatic rings. The Labute approximate surface area is 64.2 Å². The summed E-state index contributed by atoms with van der Waals surface area (Å²) < 4.78 is 17.6. The Bertz CT molecular complexity index is 43.0. The molecule has 0 heterocycles. The molecule has 0 atom stereocenters. The zero-order valence-electron chi connectivity index (χ0n) is 4.92. The number of unbranched alkanes of at least 4 members (excludes halogenated alkanes) is 1. The smallest absolute Gasteiger partial charge is 0.147 e. The second-order valence-electron chi connectivity index (χ2n) is 1.52. The molecule has 51 valence electrons. The van der Waals surface area contributed by atoms with Crippen LogP contribution >= 0.6 is 12.4 Å². The first-order valence-electron chi connectivity index (χ1n) is 2.51. The number of rotatable bonds is 3. The van der Waals surface area contributed by atoms with Gasteiger partial charge in [-0.3, -0.25) is 0 Å². The minimum atomic E-state index is -2.64. The van der Waals surface area contributed by atoms with Gasteiger partial charge in [0.05, 0.1) is 0 Å². The van der Waals surface area contributed by atoms with Crippen LogP contribution in [-0.4, -0.2) is 27.5 Å². The molecule has 8 heavy (non-hydrogen) atoms. The van der Waals surface area contributed by atoms with Crippen LogP contribution in [0.2, 0.25) is 4.44 Å². The van der Waals surface area contributed by atoms with Crippen LogP contribution in [0, 0.1) is 0 Å². The van der Waals surface area contributed by atoms with Crippen molar-refractivity contribution in [1.29, 1.82) is 0 Å². The Balaban J connectivity index is 0. The largest absolute Gasteiger partial charge is 0.147 e. The maximum Gasteiger partial charge on any atom is -0.147 e. The van der Waals surface area contributed by atoms with E-state index in [2.05, 4.69) is 0 Å². The summed E-state index contributed by atoms with van der Waals surface area (Å²) in [4.78, 5) is 0. The van der Waals surface area contributed by atoms with Gasteiger partial charge in [0.2, 0.25) is 0 Å². The molecule has 2 nitrogen and oxygen atoms in total. The molecule has 0 saturated heterocycles. The van der Waals surface area contributed by atoms with Crippen LogP contribution in [-0.2, 0) is 0 Å². The van der Waals surface area contributed by atoms with Crippen molar-refractivity contribution in [3.8, 4) is 0 Å². The van der Waals surface area contributed by atoms with Gasteiger partial charge < -0.3 is 0 Å². The van der Waals surface area contributed by atoms with E-state index in [-0.39, 0.29) is 12.4 Å². The van der Waals surface area contributed by atoms with Gasteiger partial charge in [0, 0.05) is 0 Å². The number of hydrogen-bond acceptors (Lipinski definition) is 2. The molecular formula is C4H12ClO2Sn. The maximum absolute atomic E-state index is 8.44. The number of halogens is 1. The molecule has 0 aliphatic heterocycles. The van der Waals surface area contributed by atoms with Crippen LogP contribution in [0.3, 0.4) is 0 Å². The first-order valence-corrected chi connectivity index (χ1v) is 7.08. The molecule has 0 bridgehead atoms. The van der Waals surface area contributed by atoms with E-state index in [1.54, 1.807) is 0 Å².